The van der Waals surface area contributed by atoms with Gasteiger partial charge in [0.2, 0.25) is 4.91 Å². The van der Waals surface area contributed by atoms with Crippen molar-refractivity contribution in [3.8, 4) is 22.8 Å². The normalized spacial score (nSPS) is 11.8. The second-order valence-corrected chi connectivity index (χ2v) is 5.72. The molecule has 0 saturated carbocycles. The number of hydrogen-bond acceptors (Lipinski definition) is 5. The predicted molar refractivity (Wildman–Crippen MR) is 89.4 cm³/mol. The van der Waals surface area contributed by atoms with Gasteiger partial charge in [-0.05, 0) is 29.8 Å². The molecule has 12 heteroatoms. The van der Waals surface area contributed by atoms with Crippen molar-refractivity contribution in [2.75, 3.05) is 0 Å². The highest BCUT2D eigenvalue weighted by Crippen LogP contribution is 2.37. The maximum absolute atomic E-state index is 12.9. The molecule has 29 heavy (non-hydrogen) atoms. The van der Waals surface area contributed by atoms with E-state index in [0.29, 0.717) is 17.1 Å². The minimum absolute atomic E-state index is 0.271. The van der Waals surface area contributed by atoms with Crippen LogP contribution in [0.15, 0.2) is 60.0 Å². The number of halogens is 5. The Bertz CT molecular complexity index is 1020. The summed E-state index contributed by atoms with van der Waals surface area (Å²) in [6, 6.07) is 11.6. The highest BCUT2D eigenvalue weighted by molar-refractivity contribution is 5.55. The zero-order chi connectivity index (χ0) is 21.1. The molecular weight excluding hydrogens is 399 g/mol. The molecule has 1 N–H and O–H groups in total. The van der Waals surface area contributed by atoms with E-state index < -0.39 is 18.0 Å². The number of benzene rings is 2. The Morgan fingerprint density at radius 3 is 2.24 bits per heavy atom. The Morgan fingerprint density at radius 1 is 1.00 bits per heavy atom. The van der Waals surface area contributed by atoms with Gasteiger partial charge >= 0.3 is 12.3 Å². The Labute approximate surface area is 160 Å². The zero-order valence-corrected chi connectivity index (χ0v) is 14.4. The van der Waals surface area contributed by atoms with Crippen molar-refractivity contribution in [1.29, 1.82) is 5.53 Å². The van der Waals surface area contributed by atoms with Gasteiger partial charge in [-0.25, -0.2) is 9.67 Å². The number of hydrogen-bond donors (Lipinski definition) is 1. The number of aromatic nitrogens is 3. The standard InChI is InChI=1S/C17H12F5N6O/c18-16(19,20)17(21,22)29-14-7-5-13(6-8-14)28-10-24-15(26-28)12-3-1-11(2-4-12)9-25-27-23/h1-8,10,23H,9H2/q+1. The van der Waals surface area contributed by atoms with Crippen LogP contribution in [0.3, 0.4) is 0 Å². The van der Waals surface area contributed by atoms with Crippen molar-refractivity contribution in [2.24, 2.45) is 5.11 Å². The molecule has 0 bridgehead atoms. The number of ether oxygens (including phenoxy) is 1. The Balaban J connectivity index is 1.74. The summed E-state index contributed by atoms with van der Waals surface area (Å²) in [5.74, 6) is -0.264. The van der Waals surface area contributed by atoms with Gasteiger partial charge in [0, 0.05) is 5.56 Å². The summed E-state index contributed by atoms with van der Waals surface area (Å²) in [7, 11) is 0. The monoisotopic (exact) mass is 411 g/mol. The lowest BCUT2D eigenvalue weighted by Gasteiger charge is -2.20. The summed E-state index contributed by atoms with van der Waals surface area (Å²) >= 11 is 0. The second kappa shape index (κ2) is 7.76. The summed E-state index contributed by atoms with van der Waals surface area (Å²) in [5.41, 5.74) is 8.56. The van der Waals surface area contributed by atoms with Crippen LogP contribution < -0.4 is 9.65 Å². The number of nitrogens with zero attached hydrogens (tertiary/aromatic N) is 5. The van der Waals surface area contributed by atoms with Gasteiger partial charge in [0.25, 0.3) is 0 Å². The minimum atomic E-state index is -5.81. The molecular formula is C17H12F5N6O+. The Morgan fingerprint density at radius 2 is 1.66 bits per heavy atom. The Hall–Kier alpha value is -3.66. The van der Waals surface area contributed by atoms with E-state index >= 15 is 0 Å². The van der Waals surface area contributed by atoms with Crippen molar-refractivity contribution in [3.63, 3.8) is 0 Å². The number of nitrogens with one attached hydrogen (secondary N) is 1. The van der Waals surface area contributed by atoms with Gasteiger partial charge in [-0.2, -0.15) is 22.0 Å². The molecule has 0 fully saturated rings. The highest BCUT2D eigenvalue weighted by atomic mass is 19.4. The second-order valence-electron chi connectivity index (χ2n) is 5.72. The van der Waals surface area contributed by atoms with Crippen molar-refractivity contribution in [2.45, 2.75) is 18.8 Å². The summed E-state index contributed by atoms with van der Waals surface area (Å²) < 4.78 is 67.5. The van der Waals surface area contributed by atoms with Crippen LogP contribution in [0.5, 0.6) is 5.75 Å². The SMILES string of the molecule is N=[N+]=NCc1ccc(-c2ncn(-c3ccc(OC(F)(F)C(F)(F)F)cc3)n2)cc1. The lowest BCUT2D eigenvalue weighted by molar-refractivity contribution is -0.360. The fraction of sp³-hybridized carbons (Fsp3) is 0.176. The first-order chi connectivity index (χ1) is 13.7. The van der Waals surface area contributed by atoms with Crippen LogP contribution in [0.25, 0.3) is 17.1 Å². The van der Waals surface area contributed by atoms with Crippen LogP contribution in [0.1, 0.15) is 5.56 Å². The molecule has 0 amide bonds. The van der Waals surface area contributed by atoms with E-state index in [0.717, 1.165) is 17.7 Å². The van der Waals surface area contributed by atoms with Crippen LogP contribution in [0.2, 0.25) is 0 Å². The first kappa shape index (κ1) is 20.1. The number of rotatable bonds is 6. The molecule has 1 heterocycles. The van der Waals surface area contributed by atoms with E-state index in [1.54, 1.807) is 24.3 Å². The van der Waals surface area contributed by atoms with Crippen molar-refractivity contribution >= 4 is 0 Å². The van der Waals surface area contributed by atoms with E-state index in [4.69, 9.17) is 5.53 Å². The predicted octanol–water partition coefficient (Wildman–Crippen LogP) is 4.52. The average molecular weight is 411 g/mol. The molecule has 0 aliphatic rings. The summed E-state index contributed by atoms with van der Waals surface area (Å²) in [5, 5.41) is 7.82. The molecule has 0 radical (unpaired) electrons. The van der Waals surface area contributed by atoms with E-state index in [1.165, 1.54) is 23.1 Å². The fourth-order valence-corrected chi connectivity index (χ4v) is 2.27. The molecule has 0 atom stereocenters. The molecule has 1 aromatic heterocycles. The lowest BCUT2D eigenvalue weighted by atomic mass is 10.1. The molecule has 2 aromatic carbocycles. The van der Waals surface area contributed by atoms with Gasteiger partial charge in [-0.1, -0.05) is 24.3 Å². The molecule has 150 valence electrons. The quantitative estimate of drug-likeness (QED) is 0.367. The summed E-state index contributed by atoms with van der Waals surface area (Å²) in [6.45, 7) is 0.271. The van der Waals surface area contributed by atoms with Crippen LogP contribution in [-0.4, -0.2) is 27.0 Å². The van der Waals surface area contributed by atoms with Crippen molar-refractivity contribution in [3.05, 3.63) is 60.4 Å². The lowest BCUT2D eigenvalue weighted by Crippen LogP contribution is -2.41. The number of alkyl halides is 5. The first-order valence-corrected chi connectivity index (χ1v) is 7.98. The van der Waals surface area contributed by atoms with Gasteiger partial charge in [-0.15, -0.1) is 5.10 Å². The average Bonchev–Trinajstić information content (AvgIpc) is 3.16. The summed E-state index contributed by atoms with van der Waals surface area (Å²) in [6.07, 6.45) is -9.73. The van der Waals surface area contributed by atoms with Gasteiger partial charge in [-0.3, -0.25) is 0 Å². The van der Waals surface area contributed by atoms with Crippen LogP contribution in [0, 0.1) is 5.53 Å². The molecule has 0 spiro atoms. The molecule has 0 unspecified atom stereocenters. The van der Waals surface area contributed by atoms with E-state index in [2.05, 4.69) is 24.8 Å². The molecule has 0 saturated heterocycles. The third-order valence-corrected chi connectivity index (χ3v) is 3.71. The van der Waals surface area contributed by atoms with E-state index in [9.17, 15) is 22.0 Å². The zero-order valence-electron chi connectivity index (χ0n) is 14.4. The van der Waals surface area contributed by atoms with Crippen molar-refractivity contribution < 1.29 is 26.7 Å². The highest BCUT2D eigenvalue weighted by Gasteiger charge is 2.61. The third kappa shape index (κ3) is 4.61. The maximum Gasteiger partial charge on any atom is 0.499 e. The first-order valence-electron chi connectivity index (χ1n) is 7.98. The Kier molecular flexibility index (Phi) is 5.37. The smallest absolute Gasteiger partial charge is 0.426 e. The van der Waals surface area contributed by atoms with Gasteiger partial charge in [0.15, 0.2) is 5.82 Å². The fourth-order valence-electron chi connectivity index (χ4n) is 2.27. The molecule has 0 aliphatic heterocycles. The molecule has 3 rings (SSSR count). The van der Waals surface area contributed by atoms with Crippen LogP contribution in [-0.2, 0) is 6.54 Å². The van der Waals surface area contributed by atoms with Crippen molar-refractivity contribution in [1.82, 2.24) is 19.7 Å². The van der Waals surface area contributed by atoms with E-state index in [1.807, 2.05) is 0 Å². The van der Waals surface area contributed by atoms with Gasteiger partial charge < -0.3 is 4.74 Å². The van der Waals surface area contributed by atoms with Gasteiger partial charge in [0.1, 0.15) is 29.3 Å². The molecule has 3 aromatic rings. The van der Waals surface area contributed by atoms with E-state index in [-0.39, 0.29) is 6.54 Å². The van der Waals surface area contributed by atoms with Gasteiger partial charge in [0.05, 0.1) is 5.69 Å². The topological polar surface area (TPSA) is 90.2 Å². The van der Waals surface area contributed by atoms with Crippen LogP contribution in [0.4, 0.5) is 22.0 Å². The minimum Gasteiger partial charge on any atom is -0.426 e. The molecule has 0 aliphatic carbocycles. The molecule has 7 nitrogen and oxygen atoms in total. The summed E-state index contributed by atoms with van der Waals surface area (Å²) in [4.78, 5) is 7.08. The maximum atomic E-state index is 12.9. The largest absolute Gasteiger partial charge is 0.499 e. The third-order valence-electron chi connectivity index (χ3n) is 3.71. The van der Waals surface area contributed by atoms with Crippen LogP contribution >= 0.6 is 0 Å².